The average Bonchev–Trinajstić information content (AvgIpc) is 2.29. The molecule has 2 heterocycles. The van der Waals surface area contributed by atoms with Gasteiger partial charge in [-0.15, -0.1) is 0 Å². The number of nitrogens with two attached hydrogens (primary N) is 1. The van der Waals surface area contributed by atoms with Gasteiger partial charge < -0.3 is 9.64 Å². The summed E-state index contributed by atoms with van der Waals surface area (Å²) >= 11 is 5.73. The van der Waals surface area contributed by atoms with Gasteiger partial charge in [0.05, 0.1) is 13.2 Å². The number of hydrogen-bond acceptors (Lipinski definition) is 7. The Bertz CT molecular complexity index is 342. The minimum Gasteiger partial charge on any atom is -0.378 e. The number of halogens is 1. The van der Waals surface area contributed by atoms with E-state index >= 15 is 0 Å². The standard InChI is InChI=1S/C7H11ClN6O/c8-5-10-6(13-9)12-7(11-5)14-1-3-15-4-2-14/h1-4,9H2,(H,10,11,12,13). The van der Waals surface area contributed by atoms with Gasteiger partial charge in [0.2, 0.25) is 17.2 Å². The number of hydrogen-bond donors (Lipinski definition) is 2. The van der Waals surface area contributed by atoms with Gasteiger partial charge in [-0.25, -0.2) is 5.84 Å². The van der Waals surface area contributed by atoms with Crippen LogP contribution in [0.3, 0.4) is 0 Å². The summed E-state index contributed by atoms with van der Waals surface area (Å²) in [6, 6.07) is 0. The molecule has 15 heavy (non-hydrogen) atoms. The fraction of sp³-hybridized carbons (Fsp3) is 0.571. The minimum absolute atomic E-state index is 0.124. The maximum atomic E-state index is 5.73. The molecule has 1 aromatic heterocycles. The van der Waals surface area contributed by atoms with Gasteiger partial charge >= 0.3 is 0 Å². The number of ether oxygens (including phenoxy) is 1. The van der Waals surface area contributed by atoms with Crippen molar-refractivity contribution in [3.8, 4) is 0 Å². The second kappa shape index (κ2) is 4.56. The van der Waals surface area contributed by atoms with E-state index in [1.165, 1.54) is 0 Å². The first-order valence-corrected chi connectivity index (χ1v) is 4.88. The summed E-state index contributed by atoms with van der Waals surface area (Å²) in [5.74, 6) is 5.99. The summed E-state index contributed by atoms with van der Waals surface area (Å²) in [6.07, 6.45) is 0. The highest BCUT2D eigenvalue weighted by molar-refractivity contribution is 6.28. The van der Waals surface area contributed by atoms with Crippen LogP contribution in [-0.2, 0) is 4.74 Å². The van der Waals surface area contributed by atoms with Gasteiger partial charge in [0.1, 0.15) is 0 Å². The molecule has 0 radical (unpaired) electrons. The molecule has 0 aromatic carbocycles. The number of nitrogen functional groups attached to an aromatic ring is 1. The molecule has 3 N–H and O–H groups in total. The Morgan fingerprint density at radius 1 is 1.27 bits per heavy atom. The normalized spacial score (nSPS) is 16.5. The molecule has 0 atom stereocenters. The lowest BCUT2D eigenvalue weighted by molar-refractivity contribution is 0.122. The van der Waals surface area contributed by atoms with Crippen molar-refractivity contribution in [2.24, 2.45) is 5.84 Å². The largest absolute Gasteiger partial charge is 0.378 e. The van der Waals surface area contributed by atoms with Crippen LogP contribution in [0.4, 0.5) is 11.9 Å². The first-order chi connectivity index (χ1) is 7.29. The predicted molar refractivity (Wildman–Crippen MR) is 55.7 cm³/mol. The summed E-state index contributed by atoms with van der Waals surface area (Å²) in [6.45, 7) is 2.80. The lowest BCUT2D eigenvalue weighted by Gasteiger charge is -2.26. The van der Waals surface area contributed by atoms with E-state index in [9.17, 15) is 0 Å². The van der Waals surface area contributed by atoms with E-state index in [0.717, 1.165) is 13.1 Å². The number of aromatic nitrogens is 3. The van der Waals surface area contributed by atoms with E-state index < -0.39 is 0 Å². The molecule has 1 saturated heterocycles. The molecule has 0 aliphatic carbocycles. The highest BCUT2D eigenvalue weighted by Crippen LogP contribution is 2.14. The SMILES string of the molecule is NNc1nc(Cl)nc(N2CCOCC2)n1. The smallest absolute Gasteiger partial charge is 0.243 e. The number of hydrazine groups is 1. The van der Waals surface area contributed by atoms with Crippen LogP contribution in [0.2, 0.25) is 5.28 Å². The number of nitrogens with one attached hydrogen (secondary N) is 1. The number of rotatable bonds is 2. The van der Waals surface area contributed by atoms with E-state index in [1.807, 2.05) is 4.90 Å². The van der Waals surface area contributed by atoms with E-state index in [-0.39, 0.29) is 11.2 Å². The van der Waals surface area contributed by atoms with Crippen molar-refractivity contribution in [3.05, 3.63) is 5.28 Å². The van der Waals surface area contributed by atoms with Crippen molar-refractivity contribution in [2.45, 2.75) is 0 Å². The van der Waals surface area contributed by atoms with Crippen molar-refractivity contribution in [1.82, 2.24) is 15.0 Å². The summed E-state index contributed by atoms with van der Waals surface area (Å²) in [5, 5.41) is 0.124. The Labute approximate surface area is 91.6 Å². The zero-order valence-corrected chi connectivity index (χ0v) is 8.74. The van der Waals surface area contributed by atoms with Gasteiger partial charge in [-0.2, -0.15) is 15.0 Å². The lowest BCUT2D eigenvalue weighted by Crippen LogP contribution is -2.37. The molecule has 0 bridgehead atoms. The molecule has 7 nitrogen and oxygen atoms in total. The number of morpholine rings is 1. The first-order valence-electron chi connectivity index (χ1n) is 4.50. The zero-order valence-electron chi connectivity index (χ0n) is 7.98. The quantitative estimate of drug-likeness (QED) is 0.530. The second-order valence-corrected chi connectivity index (χ2v) is 3.31. The van der Waals surface area contributed by atoms with E-state index in [0.29, 0.717) is 19.2 Å². The van der Waals surface area contributed by atoms with Crippen LogP contribution in [-0.4, -0.2) is 41.3 Å². The van der Waals surface area contributed by atoms with E-state index in [4.69, 9.17) is 22.2 Å². The van der Waals surface area contributed by atoms with E-state index in [2.05, 4.69) is 20.4 Å². The van der Waals surface area contributed by atoms with Gasteiger partial charge in [-0.05, 0) is 11.6 Å². The molecule has 82 valence electrons. The van der Waals surface area contributed by atoms with Gasteiger partial charge in [-0.1, -0.05) is 0 Å². The molecule has 1 aliphatic rings. The average molecular weight is 231 g/mol. The molecular weight excluding hydrogens is 220 g/mol. The highest BCUT2D eigenvalue weighted by Gasteiger charge is 2.15. The van der Waals surface area contributed by atoms with Crippen molar-refractivity contribution in [2.75, 3.05) is 36.6 Å². The van der Waals surface area contributed by atoms with Crippen LogP contribution < -0.4 is 16.2 Å². The predicted octanol–water partition coefficient (Wildman–Crippen LogP) is -0.353. The van der Waals surface area contributed by atoms with Crippen LogP contribution in [0.15, 0.2) is 0 Å². The molecule has 2 rings (SSSR count). The summed E-state index contributed by atoms with van der Waals surface area (Å²) in [7, 11) is 0. The molecule has 1 aromatic rings. The summed E-state index contributed by atoms with van der Waals surface area (Å²) in [4.78, 5) is 13.9. The third kappa shape index (κ3) is 2.44. The van der Waals surface area contributed by atoms with Crippen LogP contribution in [0.1, 0.15) is 0 Å². The Morgan fingerprint density at radius 2 is 2.00 bits per heavy atom. The van der Waals surface area contributed by atoms with Gasteiger partial charge in [0, 0.05) is 13.1 Å². The topological polar surface area (TPSA) is 89.2 Å². The molecular formula is C7H11ClN6O. The minimum atomic E-state index is 0.124. The van der Waals surface area contributed by atoms with Gasteiger partial charge in [0.15, 0.2) is 0 Å². The highest BCUT2D eigenvalue weighted by atomic mass is 35.5. The molecule has 0 spiro atoms. The van der Waals surface area contributed by atoms with Crippen molar-refractivity contribution < 1.29 is 4.74 Å². The van der Waals surface area contributed by atoms with Crippen LogP contribution in [0, 0.1) is 0 Å². The Balaban J connectivity index is 2.22. The third-order valence-electron chi connectivity index (χ3n) is 2.02. The monoisotopic (exact) mass is 230 g/mol. The van der Waals surface area contributed by atoms with Crippen LogP contribution in [0.25, 0.3) is 0 Å². The van der Waals surface area contributed by atoms with Crippen LogP contribution >= 0.6 is 11.6 Å². The summed E-state index contributed by atoms with van der Waals surface area (Å²) in [5.41, 5.74) is 2.34. The third-order valence-corrected chi connectivity index (χ3v) is 2.19. The van der Waals surface area contributed by atoms with Gasteiger partial charge in [-0.3, -0.25) is 5.43 Å². The molecule has 0 amide bonds. The molecule has 1 fully saturated rings. The zero-order chi connectivity index (χ0) is 10.7. The molecule has 0 saturated carbocycles. The van der Waals surface area contributed by atoms with Gasteiger partial charge in [0.25, 0.3) is 0 Å². The summed E-state index contributed by atoms with van der Waals surface area (Å²) < 4.78 is 5.22. The number of nitrogens with zero attached hydrogens (tertiary/aromatic N) is 4. The second-order valence-electron chi connectivity index (χ2n) is 2.97. The van der Waals surface area contributed by atoms with Crippen molar-refractivity contribution in [3.63, 3.8) is 0 Å². The van der Waals surface area contributed by atoms with Crippen LogP contribution in [0.5, 0.6) is 0 Å². The van der Waals surface area contributed by atoms with Crippen molar-refractivity contribution in [1.29, 1.82) is 0 Å². The first kappa shape index (κ1) is 10.3. The maximum absolute atomic E-state index is 5.73. The van der Waals surface area contributed by atoms with E-state index in [1.54, 1.807) is 0 Å². The maximum Gasteiger partial charge on any atom is 0.243 e. The fourth-order valence-electron chi connectivity index (χ4n) is 1.31. The number of anilines is 2. The molecule has 0 unspecified atom stereocenters. The van der Waals surface area contributed by atoms with Crippen molar-refractivity contribution >= 4 is 23.5 Å². The Kier molecular flexibility index (Phi) is 3.14. The molecule has 1 aliphatic heterocycles. The Hall–Kier alpha value is -1.18. The fourth-order valence-corrected chi connectivity index (χ4v) is 1.46. The molecule has 8 heteroatoms. The lowest BCUT2D eigenvalue weighted by atomic mass is 10.4. The Morgan fingerprint density at radius 3 is 2.67 bits per heavy atom.